The largest absolute Gasteiger partial charge is 0.454 e. The Kier molecular flexibility index (Phi) is 4.45. The van der Waals surface area contributed by atoms with Crippen molar-refractivity contribution in [2.45, 2.75) is 0 Å². The Morgan fingerprint density at radius 1 is 0.941 bits per heavy atom. The average Bonchev–Trinajstić information content (AvgIpc) is 3.49. The third kappa shape index (κ3) is 3.12. The maximum atomic E-state index is 13.0. The molecular formula is C28H19N3O3. The summed E-state index contributed by atoms with van der Waals surface area (Å²) in [5.41, 5.74) is 6.35. The molecule has 1 amide bonds. The van der Waals surface area contributed by atoms with E-state index in [9.17, 15) is 9.59 Å². The predicted molar refractivity (Wildman–Crippen MR) is 135 cm³/mol. The van der Waals surface area contributed by atoms with Crippen LogP contribution in [0.1, 0.15) is 0 Å². The van der Waals surface area contributed by atoms with E-state index in [4.69, 9.17) is 4.42 Å². The van der Waals surface area contributed by atoms with Gasteiger partial charge in [-0.3, -0.25) is 14.2 Å². The van der Waals surface area contributed by atoms with E-state index in [0.717, 1.165) is 27.4 Å². The van der Waals surface area contributed by atoms with Gasteiger partial charge in [0.25, 0.3) is 5.56 Å². The number of amides is 1. The Bertz CT molecular complexity index is 1790. The lowest BCUT2D eigenvalue weighted by Gasteiger charge is -2.09. The molecule has 6 nitrogen and oxygen atoms in total. The number of nitrogens with zero attached hydrogens (tertiary/aromatic N) is 1. The number of aromatic amines is 1. The molecule has 0 aliphatic carbocycles. The Labute approximate surface area is 193 Å². The summed E-state index contributed by atoms with van der Waals surface area (Å²) in [7, 11) is 0. The highest BCUT2D eigenvalue weighted by atomic mass is 16.3. The second-order valence-corrected chi connectivity index (χ2v) is 8.02. The lowest BCUT2D eigenvalue weighted by Crippen LogP contribution is -2.17. The molecule has 0 saturated heterocycles. The van der Waals surface area contributed by atoms with Crippen molar-refractivity contribution in [3.8, 4) is 16.8 Å². The SMILES string of the molecule is C=CC(=O)Nc1ccc(-n2c(=O)ccc3oc4ccc(-c5cccc6[nH]ccc56)cc4c32)cc1. The van der Waals surface area contributed by atoms with Crippen molar-refractivity contribution in [2.24, 2.45) is 0 Å². The minimum atomic E-state index is -0.294. The predicted octanol–water partition coefficient (Wildman–Crippen LogP) is 6.01. The van der Waals surface area contributed by atoms with Crippen LogP contribution in [0.15, 0.2) is 107 Å². The molecule has 0 fully saturated rings. The van der Waals surface area contributed by atoms with Crippen LogP contribution in [0.25, 0.3) is 49.8 Å². The Balaban J connectivity index is 1.56. The van der Waals surface area contributed by atoms with Crippen LogP contribution in [0, 0.1) is 0 Å². The molecule has 0 saturated carbocycles. The third-order valence-corrected chi connectivity index (χ3v) is 5.99. The Morgan fingerprint density at radius 3 is 2.59 bits per heavy atom. The molecular weight excluding hydrogens is 426 g/mol. The van der Waals surface area contributed by atoms with Crippen LogP contribution in [0.5, 0.6) is 0 Å². The van der Waals surface area contributed by atoms with Crippen LogP contribution in [-0.2, 0) is 4.79 Å². The zero-order valence-electron chi connectivity index (χ0n) is 18.0. The van der Waals surface area contributed by atoms with Crippen LogP contribution in [-0.4, -0.2) is 15.5 Å². The summed E-state index contributed by atoms with van der Waals surface area (Å²) in [6, 6.07) is 24.6. The van der Waals surface area contributed by atoms with Gasteiger partial charge in [-0.15, -0.1) is 0 Å². The molecule has 2 N–H and O–H groups in total. The lowest BCUT2D eigenvalue weighted by molar-refractivity contribution is -0.111. The first kappa shape index (κ1) is 19.8. The first-order chi connectivity index (χ1) is 16.6. The zero-order valence-corrected chi connectivity index (χ0v) is 18.0. The summed E-state index contributed by atoms with van der Waals surface area (Å²) in [6.45, 7) is 3.46. The van der Waals surface area contributed by atoms with E-state index in [1.54, 1.807) is 34.9 Å². The Morgan fingerprint density at radius 2 is 1.76 bits per heavy atom. The summed E-state index contributed by atoms with van der Waals surface area (Å²) < 4.78 is 7.73. The van der Waals surface area contributed by atoms with E-state index < -0.39 is 0 Å². The first-order valence-electron chi connectivity index (χ1n) is 10.8. The van der Waals surface area contributed by atoms with Gasteiger partial charge in [0.1, 0.15) is 11.1 Å². The van der Waals surface area contributed by atoms with Crippen molar-refractivity contribution in [3.05, 3.63) is 108 Å². The van der Waals surface area contributed by atoms with Gasteiger partial charge in [-0.05, 0) is 71.8 Å². The molecule has 0 spiro atoms. The van der Waals surface area contributed by atoms with Crippen LogP contribution in [0.4, 0.5) is 5.69 Å². The highest BCUT2D eigenvalue weighted by Gasteiger charge is 2.15. The van der Waals surface area contributed by atoms with E-state index in [1.165, 1.54) is 12.1 Å². The number of H-pyrrole nitrogens is 1. The summed E-state index contributed by atoms with van der Waals surface area (Å²) in [5.74, 6) is -0.294. The fourth-order valence-electron chi connectivity index (χ4n) is 4.43. The second kappa shape index (κ2) is 7.64. The number of anilines is 1. The molecule has 3 heterocycles. The van der Waals surface area contributed by atoms with Gasteiger partial charge in [-0.2, -0.15) is 0 Å². The van der Waals surface area contributed by atoms with Gasteiger partial charge < -0.3 is 14.7 Å². The standard InChI is InChI=1S/C28H19N3O3/c1-2-26(32)30-18-7-9-19(10-8-18)31-27(33)13-12-25-28(31)22-16-17(6-11-24(22)34-25)20-4-3-5-23-21(20)14-15-29-23/h2-16,29H,1H2,(H,30,32). The summed E-state index contributed by atoms with van der Waals surface area (Å²) in [5, 5.41) is 4.70. The molecule has 3 aromatic carbocycles. The zero-order chi connectivity index (χ0) is 23.2. The van der Waals surface area contributed by atoms with Gasteiger partial charge in [-0.1, -0.05) is 24.8 Å². The number of pyridine rings is 1. The number of hydrogen-bond donors (Lipinski definition) is 2. The third-order valence-electron chi connectivity index (χ3n) is 5.99. The number of benzene rings is 3. The monoisotopic (exact) mass is 445 g/mol. The topological polar surface area (TPSA) is 80.0 Å². The number of aromatic nitrogens is 2. The number of fused-ring (bicyclic) bond motifs is 4. The van der Waals surface area contributed by atoms with Crippen molar-refractivity contribution < 1.29 is 9.21 Å². The number of furan rings is 1. The number of nitrogens with one attached hydrogen (secondary N) is 2. The van der Waals surface area contributed by atoms with E-state index in [1.807, 2.05) is 30.5 Å². The molecule has 6 aromatic rings. The number of carbonyl (C=O) groups is 1. The molecule has 6 heteroatoms. The highest BCUT2D eigenvalue weighted by Crippen LogP contribution is 2.35. The van der Waals surface area contributed by atoms with E-state index >= 15 is 0 Å². The molecule has 0 aliphatic heterocycles. The molecule has 164 valence electrons. The number of hydrogen-bond acceptors (Lipinski definition) is 3. The second-order valence-electron chi connectivity index (χ2n) is 8.02. The van der Waals surface area contributed by atoms with Gasteiger partial charge in [-0.25, -0.2) is 0 Å². The van der Waals surface area contributed by atoms with Crippen molar-refractivity contribution in [2.75, 3.05) is 5.32 Å². The van der Waals surface area contributed by atoms with Crippen molar-refractivity contribution in [3.63, 3.8) is 0 Å². The highest BCUT2D eigenvalue weighted by molar-refractivity contribution is 6.06. The smallest absolute Gasteiger partial charge is 0.255 e. The first-order valence-corrected chi connectivity index (χ1v) is 10.8. The minimum Gasteiger partial charge on any atom is -0.454 e. The molecule has 0 bridgehead atoms. The van der Waals surface area contributed by atoms with E-state index in [2.05, 4.69) is 35.1 Å². The van der Waals surface area contributed by atoms with Gasteiger partial charge >= 0.3 is 0 Å². The van der Waals surface area contributed by atoms with Crippen LogP contribution >= 0.6 is 0 Å². The van der Waals surface area contributed by atoms with Crippen LogP contribution < -0.4 is 10.9 Å². The van der Waals surface area contributed by atoms with Crippen LogP contribution in [0.2, 0.25) is 0 Å². The maximum absolute atomic E-state index is 13.0. The maximum Gasteiger partial charge on any atom is 0.255 e. The fraction of sp³-hybridized carbons (Fsp3) is 0. The van der Waals surface area contributed by atoms with E-state index in [-0.39, 0.29) is 11.5 Å². The average molecular weight is 445 g/mol. The lowest BCUT2D eigenvalue weighted by atomic mass is 10.0. The molecule has 0 atom stereocenters. The molecule has 0 aliphatic rings. The van der Waals surface area contributed by atoms with E-state index in [0.29, 0.717) is 28.1 Å². The molecule has 6 rings (SSSR count). The summed E-state index contributed by atoms with van der Waals surface area (Å²) in [4.78, 5) is 27.9. The number of rotatable bonds is 4. The molecule has 34 heavy (non-hydrogen) atoms. The van der Waals surface area contributed by atoms with Crippen LogP contribution in [0.3, 0.4) is 0 Å². The van der Waals surface area contributed by atoms with Gasteiger partial charge in [0.05, 0.1) is 0 Å². The summed E-state index contributed by atoms with van der Waals surface area (Å²) in [6.07, 6.45) is 3.14. The Hall–Kier alpha value is -4.84. The quantitative estimate of drug-likeness (QED) is 0.326. The minimum absolute atomic E-state index is 0.170. The van der Waals surface area contributed by atoms with Gasteiger partial charge in [0.2, 0.25) is 5.91 Å². The van der Waals surface area contributed by atoms with Crippen molar-refractivity contribution >= 4 is 44.6 Å². The fourth-order valence-corrected chi connectivity index (χ4v) is 4.43. The molecule has 0 radical (unpaired) electrons. The van der Waals surface area contributed by atoms with Gasteiger partial charge in [0, 0.05) is 39.9 Å². The van der Waals surface area contributed by atoms with Crippen molar-refractivity contribution in [1.29, 1.82) is 0 Å². The molecule has 0 unspecified atom stereocenters. The van der Waals surface area contributed by atoms with Crippen molar-refractivity contribution in [1.82, 2.24) is 9.55 Å². The number of carbonyl (C=O) groups excluding carboxylic acids is 1. The van der Waals surface area contributed by atoms with Gasteiger partial charge in [0.15, 0.2) is 5.58 Å². The normalized spacial score (nSPS) is 11.3. The molecule has 3 aromatic heterocycles. The summed E-state index contributed by atoms with van der Waals surface area (Å²) >= 11 is 0.